The van der Waals surface area contributed by atoms with Gasteiger partial charge in [0.1, 0.15) is 29.8 Å². The van der Waals surface area contributed by atoms with Gasteiger partial charge in [-0.25, -0.2) is 14.4 Å². The number of hydrogen-bond donors (Lipinski definition) is 1. The molecule has 1 N–H and O–H groups in total. The zero-order valence-electron chi connectivity index (χ0n) is 20.5. The highest BCUT2D eigenvalue weighted by Crippen LogP contribution is 2.36. The maximum Gasteiger partial charge on any atom is 0.419 e. The number of anilines is 1. The van der Waals surface area contributed by atoms with Crippen molar-refractivity contribution < 1.29 is 22.3 Å². The van der Waals surface area contributed by atoms with Crippen molar-refractivity contribution in [2.45, 2.75) is 64.8 Å². The van der Waals surface area contributed by atoms with Crippen molar-refractivity contribution >= 4 is 16.7 Å². The zero-order chi connectivity index (χ0) is 25.5. The summed E-state index contributed by atoms with van der Waals surface area (Å²) in [5.41, 5.74) is 0.219. The Morgan fingerprint density at radius 1 is 1.17 bits per heavy atom. The van der Waals surface area contributed by atoms with Gasteiger partial charge in [0.15, 0.2) is 0 Å². The fraction of sp³-hybridized carbons (Fsp3) is 0.462. The van der Waals surface area contributed by atoms with Crippen LogP contribution < -0.4 is 10.1 Å². The first-order chi connectivity index (χ1) is 16.5. The number of aromatic nitrogens is 2. The third-order valence-corrected chi connectivity index (χ3v) is 6.88. The summed E-state index contributed by atoms with van der Waals surface area (Å²) in [7, 11) is 2.10. The molecule has 5 nitrogen and oxygen atoms in total. The molecule has 3 atom stereocenters. The first-order valence-electron chi connectivity index (χ1n) is 11.7. The molecule has 0 bridgehead atoms. The molecule has 0 amide bonds. The predicted octanol–water partition coefficient (Wildman–Crippen LogP) is 6.44. The van der Waals surface area contributed by atoms with Gasteiger partial charge in [-0.2, -0.15) is 13.2 Å². The maximum atomic E-state index is 14.7. The lowest BCUT2D eigenvalue weighted by atomic mass is 10.0. The molecule has 188 valence electrons. The van der Waals surface area contributed by atoms with Crippen molar-refractivity contribution in [3.63, 3.8) is 0 Å². The fourth-order valence-corrected chi connectivity index (χ4v) is 4.62. The van der Waals surface area contributed by atoms with E-state index in [4.69, 9.17) is 4.74 Å². The Morgan fingerprint density at radius 3 is 2.57 bits per heavy atom. The highest BCUT2D eigenvalue weighted by molar-refractivity contribution is 5.91. The van der Waals surface area contributed by atoms with E-state index in [9.17, 15) is 17.6 Å². The molecule has 1 saturated heterocycles. The number of ether oxygens (including phenoxy) is 1. The molecule has 1 aromatic heterocycles. The fourth-order valence-electron chi connectivity index (χ4n) is 4.62. The van der Waals surface area contributed by atoms with Crippen molar-refractivity contribution in [2.24, 2.45) is 0 Å². The standard InChI is InChI=1S/C26H30F4N4O/c1-14-11-22-20(12-23(14)35-13-18-10-9-15(2)34(18)5)25(33-17(4)32-22)31-16(3)19-7-6-8-21(24(19)27)26(28,29)30/h6-8,11-12,15-16,18H,9-10,13H2,1-5H3,(H,31,32,33)/t15-,16-,18+/m1/s1. The first kappa shape index (κ1) is 25.2. The smallest absolute Gasteiger partial charge is 0.419 e. The van der Waals surface area contributed by atoms with Gasteiger partial charge in [0.05, 0.1) is 17.1 Å². The largest absolute Gasteiger partial charge is 0.492 e. The van der Waals surface area contributed by atoms with E-state index in [-0.39, 0.29) is 5.56 Å². The number of fused-ring (bicyclic) bond motifs is 1. The number of aryl methyl sites for hydroxylation is 2. The highest BCUT2D eigenvalue weighted by Gasteiger charge is 2.35. The van der Waals surface area contributed by atoms with Gasteiger partial charge in [-0.3, -0.25) is 4.90 Å². The molecule has 1 aliphatic heterocycles. The molecule has 0 radical (unpaired) electrons. The van der Waals surface area contributed by atoms with E-state index in [2.05, 4.69) is 34.2 Å². The van der Waals surface area contributed by atoms with Gasteiger partial charge in [-0.15, -0.1) is 0 Å². The number of nitrogens with one attached hydrogen (secondary N) is 1. The summed E-state index contributed by atoms with van der Waals surface area (Å²) in [6.45, 7) is 8.03. The summed E-state index contributed by atoms with van der Waals surface area (Å²) >= 11 is 0. The van der Waals surface area contributed by atoms with Crippen LogP contribution in [0.1, 0.15) is 55.2 Å². The molecular weight excluding hydrogens is 460 g/mol. The number of hydrogen-bond acceptors (Lipinski definition) is 5. The lowest BCUT2D eigenvalue weighted by molar-refractivity contribution is -0.140. The predicted molar refractivity (Wildman–Crippen MR) is 128 cm³/mol. The summed E-state index contributed by atoms with van der Waals surface area (Å²) in [6.07, 6.45) is -2.57. The molecule has 2 heterocycles. The number of alkyl halides is 3. The molecule has 1 fully saturated rings. The number of nitrogens with zero attached hydrogens (tertiary/aromatic N) is 3. The quantitative estimate of drug-likeness (QED) is 0.403. The average molecular weight is 491 g/mol. The van der Waals surface area contributed by atoms with Crippen molar-refractivity contribution in [2.75, 3.05) is 19.0 Å². The van der Waals surface area contributed by atoms with Crippen molar-refractivity contribution in [1.29, 1.82) is 0 Å². The average Bonchev–Trinajstić information content (AvgIpc) is 3.09. The first-order valence-corrected chi connectivity index (χ1v) is 11.7. The molecule has 0 unspecified atom stereocenters. The van der Waals surface area contributed by atoms with E-state index in [1.807, 2.05) is 19.1 Å². The molecule has 9 heteroatoms. The summed E-state index contributed by atoms with van der Waals surface area (Å²) in [4.78, 5) is 11.3. The number of halogens is 4. The van der Waals surface area contributed by atoms with E-state index in [0.29, 0.717) is 47.0 Å². The number of rotatable bonds is 6. The third kappa shape index (κ3) is 5.19. The summed E-state index contributed by atoms with van der Waals surface area (Å²) < 4.78 is 60.5. The number of likely N-dealkylation sites (N-methyl/N-ethyl adjacent to an activating group) is 1. The second-order valence-electron chi connectivity index (χ2n) is 9.38. The van der Waals surface area contributed by atoms with Gasteiger partial charge in [0.2, 0.25) is 0 Å². The SMILES string of the molecule is Cc1nc(N[C@H](C)c2cccc(C(F)(F)F)c2F)c2cc(OC[C@@H]3CC[C@@H](C)N3C)c(C)cc2n1. The lowest BCUT2D eigenvalue weighted by Gasteiger charge is -2.24. The maximum absolute atomic E-state index is 14.7. The second kappa shape index (κ2) is 9.60. The van der Waals surface area contributed by atoms with Crippen molar-refractivity contribution in [3.8, 4) is 5.75 Å². The van der Waals surface area contributed by atoms with Crippen LogP contribution in [0.25, 0.3) is 10.9 Å². The van der Waals surface area contributed by atoms with Gasteiger partial charge >= 0.3 is 6.18 Å². The summed E-state index contributed by atoms with van der Waals surface area (Å²) in [5.74, 6) is 0.309. The van der Waals surface area contributed by atoms with Crippen LogP contribution in [0.3, 0.4) is 0 Å². The van der Waals surface area contributed by atoms with E-state index >= 15 is 0 Å². The van der Waals surface area contributed by atoms with Crippen LogP contribution in [0, 0.1) is 19.7 Å². The summed E-state index contributed by atoms with van der Waals surface area (Å²) in [6, 6.07) is 7.12. The molecule has 4 rings (SSSR count). The Morgan fingerprint density at radius 2 is 1.91 bits per heavy atom. The molecule has 0 spiro atoms. The van der Waals surface area contributed by atoms with Gasteiger partial charge in [-0.05, 0) is 71.3 Å². The molecule has 0 aliphatic carbocycles. The topological polar surface area (TPSA) is 50.3 Å². The van der Waals surface area contributed by atoms with E-state index < -0.39 is 23.6 Å². The van der Waals surface area contributed by atoms with Crippen molar-refractivity contribution in [1.82, 2.24) is 14.9 Å². The van der Waals surface area contributed by atoms with Crippen molar-refractivity contribution in [3.05, 3.63) is 58.7 Å². The normalized spacial score (nSPS) is 19.8. The van der Waals surface area contributed by atoms with E-state index in [0.717, 1.165) is 24.5 Å². The van der Waals surface area contributed by atoms with Crippen LogP contribution in [-0.4, -0.2) is 40.6 Å². The number of likely N-dealkylation sites (tertiary alicyclic amines) is 1. The zero-order valence-corrected chi connectivity index (χ0v) is 20.5. The Kier molecular flexibility index (Phi) is 6.90. The van der Waals surface area contributed by atoms with E-state index in [1.54, 1.807) is 13.8 Å². The Labute approximate surface area is 202 Å². The van der Waals surface area contributed by atoms with Gasteiger partial charge in [0, 0.05) is 23.0 Å². The molecule has 3 aromatic rings. The van der Waals surface area contributed by atoms with Crippen LogP contribution in [0.5, 0.6) is 5.75 Å². The molecule has 35 heavy (non-hydrogen) atoms. The minimum Gasteiger partial charge on any atom is -0.492 e. The second-order valence-corrected chi connectivity index (χ2v) is 9.38. The minimum absolute atomic E-state index is 0.0915. The Bertz CT molecular complexity index is 1230. The van der Waals surface area contributed by atoms with Crippen LogP contribution in [0.2, 0.25) is 0 Å². The van der Waals surface area contributed by atoms with Crippen LogP contribution in [0.15, 0.2) is 30.3 Å². The number of benzene rings is 2. The molecule has 0 saturated carbocycles. The molecule has 2 aromatic carbocycles. The van der Waals surface area contributed by atoms with Crippen LogP contribution in [-0.2, 0) is 6.18 Å². The summed E-state index contributed by atoms with van der Waals surface area (Å²) in [5, 5.41) is 3.75. The van der Waals surface area contributed by atoms with Crippen LogP contribution >= 0.6 is 0 Å². The third-order valence-electron chi connectivity index (χ3n) is 6.88. The molecular formula is C26H30F4N4O. The monoisotopic (exact) mass is 490 g/mol. The van der Waals surface area contributed by atoms with Gasteiger partial charge in [-0.1, -0.05) is 12.1 Å². The highest BCUT2D eigenvalue weighted by atomic mass is 19.4. The Hall–Kier alpha value is -2.94. The van der Waals surface area contributed by atoms with Crippen LogP contribution in [0.4, 0.5) is 23.4 Å². The molecule has 1 aliphatic rings. The van der Waals surface area contributed by atoms with Gasteiger partial charge in [0.25, 0.3) is 0 Å². The minimum atomic E-state index is -4.77. The Balaban J connectivity index is 1.64. The van der Waals surface area contributed by atoms with Gasteiger partial charge < -0.3 is 10.1 Å². The van der Waals surface area contributed by atoms with E-state index in [1.165, 1.54) is 12.1 Å². The lowest BCUT2D eigenvalue weighted by Crippen LogP contribution is -2.34.